The smallest absolute Gasteiger partial charge is 0.293 e. The molecule has 2 fully saturated rings. The molecule has 5 aromatic rings. The van der Waals surface area contributed by atoms with Crippen molar-refractivity contribution in [2.24, 2.45) is 11.3 Å². The Hall–Kier alpha value is -5.49. The average Bonchev–Trinajstić information content (AvgIpc) is 3.77. The van der Waals surface area contributed by atoms with E-state index in [-0.39, 0.29) is 29.2 Å². The van der Waals surface area contributed by atoms with Crippen molar-refractivity contribution in [3.05, 3.63) is 111 Å². The summed E-state index contributed by atoms with van der Waals surface area (Å²) in [6.45, 7) is 12.3. The molecule has 3 aliphatic heterocycles. The van der Waals surface area contributed by atoms with Gasteiger partial charge in [0, 0.05) is 93.3 Å². The van der Waals surface area contributed by atoms with Gasteiger partial charge in [-0.05, 0) is 105 Å². The molecule has 4 aliphatic rings. The van der Waals surface area contributed by atoms with E-state index in [0.717, 1.165) is 74.1 Å². The van der Waals surface area contributed by atoms with Crippen LogP contribution in [0, 0.1) is 21.4 Å². The summed E-state index contributed by atoms with van der Waals surface area (Å²) in [5, 5.41) is 17.0. The number of nitrogens with zero attached hydrogens (tertiary/aromatic N) is 7. The molecule has 0 saturated carbocycles. The van der Waals surface area contributed by atoms with Crippen molar-refractivity contribution in [2.75, 3.05) is 101 Å². The first kappa shape index (κ1) is 47.6. The first-order chi connectivity index (χ1) is 32.3. The van der Waals surface area contributed by atoms with Gasteiger partial charge in [-0.1, -0.05) is 43.2 Å². The van der Waals surface area contributed by atoms with Gasteiger partial charge in [0.2, 0.25) is 13.3 Å². The van der Waals surface area contributed by atoms with Crippen LogP contribution in [-0.2, 0) is 14.6 Å². The average molecular weight is 986 g/mol. The number of halogens is 1. The Kier molecular flexibility index (Phi) is 13.1. The predicted molar refractivity (Wildman–Crippen MR) is 268 cm³/mol. The summed E-state index contributed by atoms with van der Waals surface area (Å²) in [7, 11) is -3.68. The van der Waals surface area contributed by atoms with Crippen LogP contribution in [0.4, 0.5) is 28.4 Å². The highest BCUT2D eigenvalue weighted by Gasteiger charge is 2.36. The number of allylic oxidation sites excluding steroid dienone is 1. The Labute approximate surface area is 402 Å². The van der Waals surface area contributed by atoms with Crippen molar-refractivity contribution >= 4 is 80.0 Å². The molecule has 0 bridgehead atoms. The molecule has 5 heterocycles. The normalized spacial score (nSPS) is 21.6. The molecule has 0 radical (unpaired) electrons. The quantitative estimate of drug-likeness (QED) is 0.0615. The van der Waals surface area contributed by atoms with Gasteiger partial charge in [0.1, 0.15) is 23.6 Å². The minimum Gasteiger partial charge on any atom is -0.474 e. The lowest BCUT2D eigenvalue weighted by Gasteiger charge is -2.41. The number of carbonyl (C=O) groups excluding carboxylic acids is 1. The van der Waals surface area contributed by atoms with Crippen LogP contribution in [0.3, 0.4) is 0 Å². The van der Waals surface area contributed by atoms with E-state index in [2.05, 4.69) is 50.8 Å². The Morgan fingerprint density at radius 3 is 2.44 bits per heavy atom. The molecule has 2 saturated heterocycles. The van der Waals surface area contributed by atoms with E-state index in [1.54, 1.807) is 42.4 Å². The van der Waals surface area contributed by atoms with Crippen LogP contribution in [0.1, 0.15) is 49.0 Å². The summed E-state index contributed by atoms with van der Waals surface area (Å²) in [5.74, 6) is -0.532. The lowest BCUT2D eigenvalue weighted by Crippen LogP contribution is -2.47. The number of anilines is 4. The number of aromatic nitrogens is 2. The summed E-state index contributed by atoms with van der Waals surface area (Å²) in [6, 6.07) is 20.9. The van der Waals surface area contributed by atoms with Gasteiger partial charge in [-0.3, -0.25) is 24.4 Å². The lowest BCUT2D eigenvalue weighted by atomic mass is 9.72. The van der Waals surface area contributed by atoms with E-state index in [9.17, 15) is 27.9 Å². The van der Waals surface area contributed by atoms with Crippen molar-refractivity contribution in [3.63, 3.8) is 0 Å². The number of pyridine rings is 1. The second-order valence-electron chi connectivity index (χ2n) is 19.3. The van der Waals surface area contributed by atoms with Gasteiger partial charge >= 0.3 is 0 Å². The zero-order valence-corrected chi connectivity index (χ0v) is 41.5. The third-order valence-corrected chi connectivity index (χ3v) is 18.4. The number of nitro benzene ring substituents is 1. The summed E-state index contributed by atoms with van der Waals surface area (Å²) in [4.78, 5) is 40.1. The van der Waals surface area contributed by atoms with E-state index in [0.29, 0.717) is 49.1 Å². The van der Waals surface area contributed by atoms with E-state index in [1.165, 1.54) is 28.8 Å². The van der Waals surface area contributed by atoms with Crippen LogP contribution in [0.5, 0.6) is 5.88 Å². The minimum absolute atomic E-state index is 0.00487. The fourth-order valence-electron chi connectivity index (χ4n) is 9.85. The highest BCUT2D eigenvalue weighted by atomic mass is 35.5. The number of piperazine rings is 1. The van der Waals surface area contributed by atoms with Gasteiger partial charge < -0.3 is 24.8 Å². The fourth-order valence-corrected chi connectivity index (χ4v) is 12.6. The van der Waals surface area contributed by atoms with E-state index in [4.69, 9.17) is 21.3 Å². The molecule has 68 heavy (non-hydrogen) atoms. The molecule has 3 aromatic carbocycles. The molecule has 17 nitrogen and oxygen atoms in total. The third-order valence-electron chi connectivity index (χ3n) is 14.0. The number of aromatic amines is 1. The topological polar surface area (TPSA) is 190 Å². The van der Waals surface area contributed by atoms with Gasteiger partial charge in [-0.15, -0.1) is 0 Å². The molecule has 0 atom stereocenters. The summed E-state index contributed by atoms with van der Waals surface area (Å²) in [6.07, 6.45) is 4.97. The zero-order valence-electron chi connectivity index (χ0n) is 39.0. The van der Waals surface area contributed by atoms with Crippen LogP contribution >= 0.6 is 19.0 Å². The number of nitrogens with one attached hydrogen (secondary N) is 3. The van der Waals surface area contributed by atoms with Crippen LogP contribution in [-0.4, -0.2) is 130 Å². The first-order valence-corrected chi connectivity index (χ1v) is 26.8. The minimum atomic E-state index is -4.61. The monoisotopic (exact) mass is 984 g/mol. The molecule has 0 spiro atoms. The second kappa shape index (κ2) is 18.8. The Morgan fingerprint density at radius 2 is 1.72 bits per heavy atom. The van der Waals surface area contributed by atoms with E-state index < -0.39 is 38.9 Å². The van der Waals surface area contributed by atoms with Gasteiger partial charge in [0.15, 0.2) is 0 Å². The fraction of sp³-hybridized carbons (Fsp3) is 0.417. The molecule has 360 valence electrons. The number of hydrogen-bond donors (Lipinski definition) is 3. The van der Waals surface area contributed by atoms with Crippen LogP contribution in [0.15, 0.2) is 89.5 Å². The first-order valence-electron chi connectivity index (χ1n) is 22.9. The molecule has 1 aliphatic carbocycles. The van der Waals surface area contributed by atoms with Crippen LogP contribution in [0.25, 0.3) is 16.6 Å². The Morgan fingerprint density at radius 1 is 0.985 bits per heavy atom. The van der Waals surface area contributed by atoms with Crippen molar-refractivity contribution in [1.82, 2.24) is 28.9 Å². The number of fused-ring (bicyclic) bond motifs is 2. The molecule has 20 heteroatoms. The maximum Gasteiger partial charge on any atom is 0.293 e. The number of sulfonamides is 1. The summed E-state index contributed by atoms with van der Waals surface area (Å²) >= 11 is 6.27. The molecular formula is C48H58ClN10O7PS. The number of nitro groups is 1. The van der Waals surface area contributed by atoms with Crippen molar-refractivity contribution in [2.45, 2.75) is 38.0 Å². The Bertz CT molecular complexity index is 2940. The Balaban J connectivity index is 0.963. The third kappa shape index (κ3) is 9.85. The number of carbonyl (C=O) groups is 1. The van der Waals surface area contributed by atoms with Crippen LogP contribution in [0.2, 0.25) is 5.02 Å². The molecule has 9 rings (SSSR count). The van der Waals surface area contributed by atoms with E-state index in [1.807, 2.05) is 41.3 Å². The highest BCUT2D eigenvalue weighted by molar-refractivity contribution is 7.90. The summed E-state index contributed by atoms with van der Waals surface area (Å²) in [5.41, 5.74) is 6.69. The maximum absolute atomic E-state index is 14.4. The largest absolute Gasteiger partial charge is 0.474 e. The number of H-pyrrole nitrogens is 1. The summed E-state index contributed by atoms with van der Waals surface area (Å²) < 4.78 is 52.8. The van der Waals surface area contributed by atoms with Crippen LogP contribution < -0.4 is 24.6 Å². The number of hydrogen-bond acceptors (Lipinski definition) is 12. The van der Waals surface area contributed by atoms with Crippen molar-refractivity contribution in [3.8, 4) is 5.88 Å². The second-order valence-corrected chi connectivity index (χ2v) is 24.4. The molecule has 3 N–H and O–H groups in total. The zero-order chi connectivity index (χ0) is 48.1. The van der Waals surface area contributed by atoms with Gasteiger partial charge in [0.25, 0.3) is 21.6 Å². The maximum atomic E-state index is 14.4. The highest BCUT2D eigenvalue weighted by Crippen LogP contribution is 2.51. The van der Waals surface area contributed by atoms with Gasteiger partial charge in [0.05, 0.1) is 27.6 Å². The van der Waals surface area contributed by atoms with Gasteiger partial charge in [-0.2, -0.15) is 4.98 Å². The van der Waals surface area contributed by atoms with Crippen molar-refractivity contribution in [1.29, 1.82) is 0 Å². The molecule has 1 amide bonds. The van der Waals surface area contributed by atoms with E-state index >= 15 is 0 Å². The predicted octanol–water partition coefficient (Wildman–Crippen LogP) is 8.29. The molecular weight excluding hydrogens is 927 g/mol. The number of ether oxygens (including phenoxy) is 1. The van der Waals surface area contributed by atoms with Crippen molar-refractivity contribution < 1.29 is 27.4 Å². The SMILES string of the molecule is CN1CC(CNc2ccc(S(=O)(=O)NC(=O)c3ccc(N4CCN(CC5=C(c6ccc(Cl)cc6)CC(C)(C)CC5)CC4)cc3N3CCOc4nc5[nH]ccc5cc43)cc2[N+](=O)[O-])CN(C)P1(C)=O. The number of amides is 1. The molecule has 0 unspecified atom stereocenters. The molecule has 2 aromatic heterocycles. The van der Waals surface area contributed by atoms with Gasteiger partial charge in [-0.25, -0.2) is 22.5 Å². The lowest BCUT2D eigenvalue weighted by molar-refractivity contribution is -0.384. The standard InChI is InChI=1S/C48H58ClN10O7PS/c1-48(2)16-14-35(40(27-48)33-6-8-36(49)9-7-33)31-56-18-20-57(21-19-56)37-10-12-39(42(25-37)58-22-23-66-47-44(58)24-34-15-17-50-45(34)52-47)46(60)53-68(64,65)38-11-13-41(43(26-38)59(61)62)51-28-32-29-54(3)67(5,63)55(4)30-32/h6-13,15,17,24-26,32,51H,14,16,18-23,27-31H2,1-5H3,(H,50,52)(H,53,60). The number of benzene rings is 3. The number of rotatable bonds is 12.